The van der Waals surface area contributed by atoms with Crippen molar-refractivity contribution >= 4 is 0 Å². The minimum absolute atomic E-state index is 0.383. The molecule has 1 fully saturated rings. The predicted molar refractivity (Wildman–Crippen MR) is 106 cm³/mol. The molecule has 1 aromatic rings. The van der Waals surface area contributed by atoms with Crippen molar-refractivity contribution in [1.82, 2.24) is 9.80 Å². The molecular formula is C22H35N3. The summed E-state index contributed by atoms with van der Waals surface area (Å²) < 4.78 is 0. The van der Waals surface area contributed by atoms with Crippen molar-refractivity contribution in [2.24, 2.45) is 0 Å². The Kier molecular flexibility index (Phi) is 7.47. The fraction of sp³-hybridized carbons (Fsp3) is 0.682. The van der Waals surface area contributed by atoms with Crippen LogP contribution in [0.1, 0.15) is 58.9 Å². The molecule has 0 saturated carbocycles. The highest BCUT2D eigenvalue weighted by Gasteiger charge is 2.34. The Hall–Kier alpha value is -1.37. The van der Waals surface area contributed by atoms with E-state index in [2.05, 4.69) is 67.8 Å². The summed E-state index contributed by atoms with van der Waals surface area (Å²) in [6, 6.07) is 14.2. The van der Waals surface area contributed by atoms with Crippen molar-refractivity contribution in [3.8, 4) is 6.07 Å². The maximum absolute atomic E-state index is 10.2. The van der Waals surface area contributed by atoms with E-state index >= 15 is 0 Å². The highest BCUT2D eigenvalue weighted by atomic mass is 15.2. The van der Waals surface area contributed by atoms with E-state index in [1.807, 2.05) is 6.07 Å². The first-order valence-corrected chi connectivity index (χ1v) is 9.93. The molecule has 3 heteroatoms. The highest BCUT2D eigenvalue weighted by molar-refractivity contribution is 5.32. The molecule has 1 aliphatic heterocycles. The maximum Gasteiger partial charge on any atom is 0.0846 e. The summed E-state index contributed by atoms with van der Waals surface area (Å²) in [7, 11) is 0. The standard InChI is InChI=1S/C22H35N3/c1-19(2)25(20(3)4)17-13-22(18-23,21-10-6-5-7-11-21)12-16-24-14-8-9-15-24/h5-7,10-11,19-20H,8-9,12-17H2,1-4H3. The number of hydrogen-bond donors (Lipinski definition) is 0. The van der Waals surface area contributed by atoms with Gasteiger partial charge in [-0.3, -0.25) is 4.90 Å². The van der Waals surface area contributed by atoms with Crippen molar-refractivity contribution in [3.63, 3.8) is 0 Å². The number of hydrogen-bond acceptors (Lipinski definition) is 3. The summed E-state index contributed by atoms with van der Waals surface area (Å²) in [6.45, 7) is 13.4. The van der Waals surface area contributed by atoms with Crippen molar-refractivity contribution in [1.29, 1.82) is 5.26 Å². The predicted octanol–water partition coefficient (Wildman–Crippen LogP) is 4.44. The molecule has 0 spiro atoms. The molecule has 2 rings (SSSR count). The lowest BCUT2D eigenvalue weighted by Gasteiger charge is -2.35. The van der Waals surface area contributed by atoms with Crippen LogP contribution in [0.2, 0.25) is 0 Å². The lowest BCUT2D eigenvalue weighted by molar-refractivity contribution is 0.159. The molecule has 3 nitrogen and oxygen atoms in total. The van der Waals surface area contributed by atoms with Gasteiger partial charge in [0.15, 0.2) is 0 Å². The monoisotopic (exact) mass is 341 g/mol. The number of nitrogens with zero attached hydrogens (tertiary/aromatic N) is 3. The Morgan fingerprint density at radius 1 is 1.04 bits per heavy atom. The average Bonchev–Trinajstić information content (AvgIpc) is 3.12. The fourth-order valence-corrected chi connectivity index (χ4v) is 4.14. The third kappa shape index (κ3) is 5.30. The van der Waals surface area contributed by atoms with Crippen LogP contribution in [0.15, 0.2) is 30.3 Å². The molecule has 1 aromatic carbocycles. The molecule has 0 N–H and O–H groups in total. The smallest absolute Gasteiger partial charge is 0.0846 e. The van der Waals surface area contributed by atoms with Gasteiger partial charge in [0.05, 0.1) is 11.5 Å². The molecule has 0 amide bonds. The second-order valence-corrected chi connectivity index (χ2v) is 8.03. The summed E-state index contributed by atoms with van der Waals surface area (Å²) >= 11 is 0. The summed E-state index contributed by atoms with van der Waals surface area (Å²) in [6.07, 6.45) is 4.44. The van der Waals surface area contributed by atoms with E-state index in [4.69, 9.17) is 0 Å². The van der Waals surface area contributed by atoms with Crippen LogP contribution in [0.25, 0.3) is 0 Å². The van der Waals surface area contributed by atoms with Crippen LogP contribution in [0.4, 0.5) is 0 Å². The number of nitriles is 1. The van der Waals surface area contributed by atoms with E-state index in [1.54, 1.807) is 0 Å². The first kappa shape index (κ1) is 19.9. The van der Waals surface area contributed by atoms with E-state index in [-0.39, 0.29) is 5.41 Å². The zero-order valence-electron chi connectivity index (χ0n) is 16.5. The number of rotatable bonds is 9. The van der Waals surface area contributed by atoms with E-state index in [9.17, 15) is 5.26 Å². The highest BCUT2D eigenvalue weighted by Crippen LogP contribution is 2.33. The van der Waals surface area contributed by atoms with Gasteiger partial charge in [0.2, 0.25) is 0 Å². The molecule has 1 atom stereocenters. The maximum atomic E-state index is 10.2. The van der Waals surface area contributed by atoms with Gasteiger partial charge >= 0.3 is 0 Å². The normalized spacial score (nSPS) is 18.0. The van der Waals surface area contributed by atoms with Gasteiger partial charge in [-0.05, 0) is 78.6 Å². The van der Waals surface area contributed by atoms with Crippen LogP contribution in [0.3, 0.4) is 0 Å². The van der Waals surface area contributed by atoms with Crippen LogP contribution in [-0.2, 0) is 5.41 Å². The number of benzene rings is 1. The number of likely N-dealkylation sites (tertiary alicyclic amines) is 1. The Bertz CT molecular complexity index is 532. The molecule has 1 unspecified atom stereocenters. The fourth-order valence-electron chi connectivity index (χ4n) is 4.14. The molecule has 138 valence electrons. The third-order valence-electron chi connectivity index (χ3n) is 5.72. The van der Waals surface area contributed by atoms with Crippen LogP contribution < -0.4 is 0 Å². The molecular weight excluding hydrogens is 306 g/mol. The van der Waals surface area contributed by atoms with Crippen LogP contribution in [0.5, 0.6) is 0 Å². The Morgan fingerprint density at radius 2 is 1.64 bits per heavy atom. The largest absolute Gasteiger partial charge is 0.303 e. The Morgan fingerprint density at radius 3 is 2.16 bits per heavy atom. The van der Waals surface area contributed by atoms with Gasteiger partial charge in [-0.1, -0.05) is 30.3 Å². The lowest BCUT2D eigenvalue weighted by Crippen LogP contribution is -2.41. The average molecular weight is 342 g/mol. The molecule has 1 heterocycles. The SMILES string of the molecule is CC(C)N(CCC(C#N)(CCN1CCCC1)c1ccccc1)C(C)C. The Labute approximate surface area is 154 Å². The van der Waals surface area contributed by atoms with Crippen LogP contribution in [-0.4, -0.2) is 48.1 Å². The lowest BCUT2D eigenvalue weighted by atomic mass is 9.75. The molecule has 1 aliphatic rings. The molecule has 1 saturated heterocycles. The molecule has 0 aromatic heterocycles. The summed E-state index contributed by atoms with van der Waals surface area (Å²) in [5.41, 5.74) is 0.801. The molecule has 25 heavy (non-hydrogen) atoms. The topological polar surface area (TPSA) is 30.3 Å². The minimum atomic E-state index is -0.383. The zero-order chi connectivity index (χ0) is 18.3. The Balaban J connectivity index is 2.16. The van der Waals surface area contributed by atoms with Gasteiger partial charge in [0.1, 0.15) is 0 Å². The minimum Gasteiger partial charge on any atom is -0.303 e. The first-order valence-electron chi connectivity index (χ1n) is 9.93. The van der Waals surface area contributed by atoms with Gasteiger partial charge in [-0.25, -0.2) is 0 Å². The van der Waals surface area contributed by atoms with Gasteiger partial charge in [-0.2, -0.15) is 5.26 Å². The van der Waals surface area contributed by atoms with E-state index in [1.165, 1.54) is 31.5 Å². The van der Waals surface area contributed by atoms with Gasteiger partial charge in [-0.15, -0.1) is 0 Å². The molecule has 0 radical (unpaired) electrons. The van der Waals surface area contributed by atoms with Crippen LogP contribution >= 0.6 is 0 Å². The van der Waals surface area contributed by atoms with Gasteiger partial charge < -0.3 is 4.90 Å². The molecule has 0 aliphatic carbocycles. The van der Waals surface area contributed by atoms with Crippen molar-refractivity contribution in [2.75, 3.05) is 26.2 Å². The second-order valence-electron chi connectivity index (χ2n) is 8.03. The summed E-state index contributed by atoms with van der Waals surface area (Å²) in [4.78, 5) is 5.03. The van der Waals surface area contributed by atoms with Crippen molar-refractivity contribution in [2.45, 2.75) is 70.9 Å². The van der Waals surface area contributed by atoms with E-state index in [0.717, 1.165) is 25.9 Å². The quantitative estimate of drug-likeness (QED) is 0.665. The zero-order valence-corrected chi connectivity index (χ0v) is 16.5. The van der Waals surface area contributed by atoms with Crippen molar-refractivity contribution < 1.29 is 0 Å². The summed E-state index contributed by atoms with van der Waals surface area (Å²) in [5, 5.41) is 10.2. The second kappa shape index (κ2) is 9.36. The van der Waals surface area contributed by atoms with Crippen molar-refractivity contribution in [3.05, 3.63) is 35.9 Å². The van der Waals surface area contributed by atoms with E-state index in [0.29, 0.717) is 12.1 Å². The van der Waals surface area contributed by atoms with E-state index < -0.39 is 0 Å². The first-order chi connectivity index (χ1) is 12.0. The van der Waals surface area contributed by atoms with Crippen LogP contribution in [0, 0.1) is 11.3 Å². The van der Waals surface area contributed by atoms with Gasteiger partial charge in [0, 0.05) is 18.6 Å². The molecule has 0 bridgehead atoms. The summed E-state index contributed by atoms with van der Waals surface area (Å²) in [5.74, 6) is 0. The third-order valence-corrected chi connectivity index (χ3v) is 5.72. The van der Waals surface area contributed by atoms with Gasteiger partial charge in [0.25, 0.3) is 0 Å².